The van der Waals surface area contributed by atoms with Crippen LogP contribution in [0.2, 0.25) is 10.0 Å². The Morgan fingerprint density at radius 1 is 1.18 bits per heavy atom. The molecule has 0 radical (unpaired) electrons. The Hall–Kier alpha value is -1.59. The molecule has 11 heteroatoms. The summed E-state index contributed by atoms with van der Waals surface area (Å²) in [6.45, 7) is 3.80. The molecule has 2 aromatic rings. The van der Waals surface area contributed by atoms with Gasteiger partial charge >= 0.3 is 0 Å². The quantitative estimate of drug-likeness (QED) is 0.196. The Morgan fingerprint density at radius 2 is 1.87 bits per heavy atom. The van der Waals surface area contributed by atoms with Gasteiger partial charge in [0, 0.05) is 35.1 Å². The maximum atomic E-state index is 14.9. The highest BCUT2D eigenvalue weighted by Gasteiger charge is 2.36. The largest absolute Gasteiger partial charge is 0.493 e. The number of carbonyl (C=O) groups is 1. The molecule has 38 heavy (non-hydrogen) atoms. The van der Waals surface area contributed by atoms with Gasteiger partial charge in [0.05, 0.1) is 37.6 Å². The number of nitrogens with zero attached hydrogens (tertiary/aromatic N) is 2. The third-order valence-electron chi connectivity index (χ3n) is 7.60. The van der Waals surface area contributed by atoms with E-state index in [0.29, 0.717) is 46.5 Å². The van der Waals surface area contributed by atoms with E-state index in [9.17, 15) is 9.18 Å². The molecule has 2 saturated heterocycles. The lowest BCUT2D eigenvalue weighted by atomic mass is 9.87. The third-order valence-corrected chi connectivity index (χ3v) is 8.37. The highest BCUT2D eigenvalue weighted by atomic mass is 35.5. The molecule has 3 aliphatic rings. The van der Waals surface area contributed by atoms with Crippen LogP contribution in [-0.2, 0) is 4.74 Å². The first kappa shape index (κ1) is 28.0. The molecule has 3 fully saturated rings. The van der Waals surface area contributed by atoms with Crippen molar-refractivity contribution in [2.24, 2.45) is 11.8 Å². The van der Waals surface area contributed by atoms with Crippen molar-refractivity contribution in [3.63, 3.8) is 0 Å². The summed E-state index contributed by atoms with van der Waals surface area (Å²) >= 11 is 13.0. The van der Waals surface area contributed by atoms with Crippen molar-refractivity contribution in [2.45, 2.75) is 37.6 Å². The van der Waals surface area contributed by atoms with Gasteiger partial charge in [-0.05, 0) is 86.0 Å². The second kappa shape index (κ2) is 12.3. The van der Waals surface area contributed by atoms with E-state index in [1.54, 1.807) is 12.1 Å². The van der Waals surface area contributed by atoms with Crippen molar-refractivity contribution in [3.8, 4) is 5.75 Å². The molecule has 5 rings (SSSR count). The number of rotatable bonds is 10. The Kier molecular flexibility index (Phi) is 9.04. The minimum Gasteiger partial charge on any atom is -0.493 e. The van der Waals surface area contributed by atoms with Gasteiger partial charge in [0.25, 0.3) is 5.91 Å². The fourth-order valence-electron chi connectivity index (χ4n) is 5.38. The van der Waals surface area contributed by atoms with E-state index in [1.807, 2.05) is 12.1 Å². The van der Waals surface area contributed by atoms with E-state index < -0.39 is 11.7 Å². The number of amides is 1. The highest BCUT2D eigenvalue weighted by molar-refractivity contribution is 7.91. The normalized spacial score (nSPS) is 19.8. The van der Waals surface area contributed by atoms with E-state index >= 15 is 0 Å². The van der Waals surface area contributed by atoms with E-state index in [-0.39, 0.29) is 17.5 Å². The molecule has 2 heterocycles. The van der Waals surface area contributed by atoms with Crippen LogP contribution in [0.1, 0.15) is 59.1 Å². The lowest BCUT2D eigenvalue weighted by Gasteiger charge is -2.44. The monoisotopic (exact) mass is 583 g/mol. The van der Waals surface area contributed by atoms with E-state index in [4.69, 9.17) is 37.2 Å². The smallest absolute Gasteiger partial charge is 0.269 e. The molecule has 2 N–H and O–H groups in total. The number of carbonyl (C=O) groups excluding carboxylic acids is 1. The van der Waals surface area contributed by atoms with Gasteiger partial charge in [0.2, 0.25) is 0 Å². The summed E-state index contributed by atoms with van der Waals surface area (Å²) in [5.41, 5.74) is 4.37. The molecular weight excluding hydrogens is 552 g/mol. The molecule has 2 aliphatic heterocycles. The number of hydrogen-bond donors (Lipinski definition) is 2. The molecule has 0 bridgehead atoms. The topological polar surface area (TPSA) is 74.3 Å². The summed E-state index contributed by atoms with van der Waals surface area (Å²) < 4.78 is 36.8. The van der Waals surface area contributed by atoms with Crippen LogP contribution in [-0.4, -0.2) is 59.7 Å². The summed E-state index contributed by atoms with van der Waals surface area (Å²) in [6.07, 6.45) is 3.91. The average molecular weight is 585 g/mol. The molecular formula is C27H32Cl2FN3O4S. The SMILES string of the molecule is CN(NC(=O)c1cc(C2CC2)c(OCC2CCN(C(c3cc(Cl)cc(Cl)c3)C3COC3)CC2)cc1F)SO. The number of hydrogen-bond acceptors (Lipinski definition) is 7. The summed E-state index contributed by atoms with van der Waals surface area (Å²) in [6, 6.07) is 8.90. The van der Waals surface area contributed by atoms with Gasteiger partial charge in [-0.25, -0.2) is 4.39 Å². The van der Waals surface area contributed by atoms with Crippen LogP contribution in [0.15, 0.2) is 30.3 Å². The number of ether oxygens (including phenoxy) is 2. The summed E-state index contributed by atoms with van der Waals surface area (Å²) in [5.74, 6) is 0.304. The predicted molar refractivity (Wildman–Crippen MR) is 147 cm³/mol. The average Bonchev–Trinajstić information content (AvgIpc) is 3.70. The van der Waals surface area contributed by atoms with Crippen LogP contribution in [0.3, 0.4) is 0 Å². The molecule has 206 valence electrons. The van der Waals surface area contributed by atoms with Crippen LogP contribution in [0.4, 0.5) is 4.39 Å². The zero-order valence-electron chi connectivity index (χ0n) is 21.2. The zero-order valence-corrected chi connectivity index (χ0v) is 23.5. The van der Waals surface area contributed by atoms with Crippen LogP contribution < -0.4 is 10.2 Å². The van der Waals surface area contributed by atoms with Crippen LogP contribution >= 0.6 is 35.4 Å². The van der Waals surface area contributed by atoms with Crippen molar-refractivity contribution < 1.29 is 23.2 Å². The first-order valence-corrected chi connectivity index (χ1v) is 14.4. The van der Waals surface area contributed by atoms with Crippen LogP contribution in [0.25, 0.3) is 0 Å². The standard InChI is InChI=1S/C27H32Cl2FN3O4S/c1-32(38-35)31-27(34)23-11-22(17-2-3-17)25(12-24(23)30)37-13-16-4-6-33(7-5-16)26(19-14-36-15-19)18-8-20(28)10-21(29)9-18/h8-12,16-17,19,26,35H,2-7,13-15H2,1H3,(H,31,34). The van der Waals surface area contributed by atoms with Gasteiger partial charge in [0.1, 0.15) is 11.6 Å². The van der Waals surface area contributed by atoms with Crippen LogP contribution in [0.5, 0.6) is 5.75 Å². The Morgan fingerprint density at radius 3 is 2.45 bits per heavy atom. The van der Waals surface area contributed by atoms with Crippen molar-refractivity contribution in [2.75, 3.05) is 40.0 Å². The first-order chi connectivity index (χ1) is 18.3. The second-order valence-corrected chi connectivity index (χ2v) is 12.0. The molecule has 0 aromatic heterocycles. The number of nitrogens with one attached hydrogen (secondary N) is 1. The molecule has 2 aromatic carbocycles. The minimum absolute atomic E-state index is 0.0550. The van der Waals surface area contributed by atoms with Crippen molar-refractivity contribution in [1.82, 2.24) is 14.7 Å². The van der Waals surface area contributed by atoms with Gasteiger partial charge in [-0.1, -0.05) is 23.2 Å². The second-order valence-electron chi connectivity index (χ2n) is 10.4. The Balaban J connectivity index is 1.22. The van der Waals surface area contributed by atoms with E-state index in [0.717, 1.165) is 67.5 Å². The highest BCUT2D eigenvalue weighted by Crippen LogP contribution is 2.45. The van der Waals surface area contributed by atoms with Gasteiger partial charge in [-0.3, -0.25) is 15.1 Å². The van der Waals surface area contributed by atoms with E-state index in [1.165, 1.54) is 13.1 Å². The number of likely N-dealkylation sites (tertiary alicyclic amines) is 1. The van der Waals surface area contributed by atoms with Gasteiger partial charge in [-0.15, -0.1) is 4.41 Å². The van der Waals surface area contributed by atoms with Crippen LogP contribution in [0, 0.1) is 17.7 Å². The maximum Gasteiger partial charge on any atom is 0.269 e. The fraction of sp³-hybridized carbons (Fsp3) is 0.519. The van der Waals surface area contributed by atoms with Gasteiger partial charge in [0.15, 0.2) is 0 Å². The number of hydrazine groups is 1. The molecule has 1 saturated carbocycles. The predicted octanol–water partition coefficient (Wildman–Crippen LogP) is 6.19. The summed E-state index contributed by atoms with van der Waals surface area (Å²) in [7, 11) is 1.47. The minimum atomic E-state index is -0.640. The molecule has 7 nitrogen and oxygen atoms in total. The lowest BCUT2D eigenvalue weighted by molar-refractivity contribution is -0.0816. The molecule has 1 atom stereocenters. The number of halogens is 3. The van der Waals surface area contributed by atoms with Crippen molar-refractivity contribution in [1.29, 1.82) is 0 Å². The molecule has 1 unspecified atom stereocenters. The fourth-order valence-corrected chi connectivity index (χ4v) is 6.04. The van der Waals surface area contributed by atoms with Crippen molar-refractivity contribution in [3.05, 3.63) is 62.9 Å². The third kappa shape index (κ3) is 6.58. The number of benzene rings is 2. The Bertz CT molecular complexity index is 1140. The number of piperidine rings is 1. The van der Waals surface area contributed by atoms with Crippen molar-refractivity contribution >= 4 is 41.3 Å². The molecule has 0 spiro atoms. The summed E-state index contributed by atoms with van der Waals surface area (Å²) in [4.78, 5) is 15.0. The molecule has 1 amide bonds. The van der Waals surface area contributed by atoms with Gasteiger partial charge < -0.3 is 14.0 Å². The van der Waals surface area contributed by atoms with E-state index in [2.05, 4.69) is 10.3 Å². The maximum absolute atomic E-state index is 14.9. The molecule has 1 aliphatic carbocycles. The van der Waals surface area contributed by atoms with Gasteiger partial charge in [-0.2, -0.15) is 0 Å². The summed E-state index contributed by atoms with van der Waals surface area (Å²) in [5, 5.41) is 1.28. The Labute approximate surface area is 236 Å². The zero-order chi connectivity index (χ0) is 26.8. The first-order valence-electron chi connectivity index (χ1n) is 12.9. The lowest BCUT2D eigenvalue weighted by Crippen LogP contribution is -2.46.